The molecule has 35 heavy (non-hydrogen) atoms. The first-order chi connectivity index (χ1) is 16.8. The fourth-order valence-corrected chi connectivity index (χ4v) is 4.15. The van der Waals surface area contributed by atoms with Gasteiger partial charge < -0.3 is 9.30 Å². The fourth-order valence-electron chi connectivity index (χ4n) is 3.94. The molecule has 5 rings (SSSR count). The normalized spacial score (nSPS) is 11.3. The van der Waals surface area contributed by atoms with Gasteiger partial charge in [-0.3, -0.25) is 4.57 Å². The summed E-state index contributed by atoms with van der Waals surface area (Å²) >= 11 is 6.43. The lowest BCUT2D eigenvalue weighted by Gasteiger charge is -2.16. The summed E-state index contributed by atoms with van der Waals surface area (Å²) < 4.78 is 37.5. The molecule has 3 heterocycles. The predicted molar refractivity (Wildman–Crippen MR) is 131 cm³/mol. The zero-order chi connectivity index (χ0) is 24.9. The first-order valence-corrected chi connectivity index (χ1v) is 11.0. The molecule has 0 fully saturated rings. The number of fused-ring (bicyclic) bond motifs is 1. The summed E-state index contributed by atoms with van der Waals surface area (Å²) in [4.78, 5) is 4.27. The lowest BCUT2D eigenvalue weighted by Crippen LogP contribution is -2.05. The molecule has 0 radical (unpaired) electrons. The number of methoxy groups -OCH3 is 1. The largest absolute Gasteiger partial charge is 0.495 e. The second kappa shape index (κ2) is 8.63. The maximum Gasteiger partial charge on any atom is 0.169 e. The zero-order valence-electron chi connectivity index (χ0n) is 19.2. The van der Waals surface area contributed by atoms with Crippen LogP contribution in [0, 0.1) is 25.5 Å². The van der Waals surface area contributed by atoms with E-state index in [-0.39, 0.29) is 11.1 Å². The molecule has 9 heteroatoms. The fraction of sp³-hybridized carbons (Fsp3) is 0.115. The molecule has 0 amide bonds. The van der Waals surface area contributed by atoms with Gasteiger partial charge in [-0.25, -0.2) is 13.8 Å². The highest BCUT2D eigenvalue weighted by Gasteiger charge is 2.22. The van der Waals surface area contributed by atoms with E-state index in [0.717, 1.165) is 16.9 Å². The van der Waals surface area contributed by atoms with Crippen molar-refractivity contribution in [3.63, 3.8) is 0 Å². The standard InChI is InChI=1S/C26H20ClF2N5O/c1-14-11-33(13-30-14)23-6-5-17(9-24(23)35-4)25-20-10-19(27)12-34(26(20)32-31-25)16(3)18-7-21(28)15(2)22(29)8-18/h5-13H,3H2,1-2,4H3. The van der Waals surface area contributed by atoms with Gasteiger partial charge in [-0.05, 0) is 44.2 Å². The molecule has 1 aromatic heterocycles. The van der Waals surface area contributed by atoms with Gasteiger partial charge in [0.25, 0.3) is 0 Å². The van der Waals surface area contributed by atoms with E-state index in [1.54, 1.807) is 30.3 Å². The molecule has 0 unspecified atom stereocenters. The Bertz CT molecular complexity index is 1550. The third-order valence-electron chi connectivity index (χ3n) is 5.85. The van der Waals surface area contributed by atoms with Crippen molar-refractivity contribution in [2.45, 2.75) is 13.8 Å². The van der Waals surface area contributed by atoms with E-state index in [2.05, 4.69) is 21.8 Å². The van der Waals surface area contributed by atoms with Crippen molar-refractivity contribution < 1.29 is 13.5 Å². The van der Waals surface area contributed by atoms with Crippen molar-refractivity contribution in [2.75, 3.05) is 7.11 Å². The highest BCUT2D eigenvalue weighted by atomic mass is 35.5. The molecular weight excluding hydrogens is 472 g/mol. The lowest BCUT2D eigenvalue weighted by molar-refractivity contribution is 0.413. The van der Waals surface area contributed by atoms with Crippen LogP contribution >= 0.6 is 11.6 Å². The van der Waals surface area contributed by atoms with Crippen LogP contribution in [0.5, 0.6) is 5.75 Å². The second-order valence-electron chi connectivity index (χ2n) is 8.13. The number of halogens is 3. The molecule has 0 saturated carbocycles. The van der Waals surface area contributed by atoms with Crippen LogP contribution < -0.4 is 4.74 Å². The van der Waals surface area contributed by atoms with Gasteiger partial charge in [0.2, 0.25) is 0 Å². The van der Waals surface area contributed by atoms with Gasteiger partial charge in [-0.2, -0.15) is 0 Å². The van der Waals surface area contributed by atoms with Crippen LogP contribution in [0.3, 0.4) is 0 Å². The van der Waals surface area contributed by atoms with Crippen molar-refractivity contribution in [3.8, 4) is 34.1 Å². The molecule has 3 aromatic rings. The molecule has 0 bridgehead atoms. The quantitative estimate of drug-likeness (QED) is 0.289. The van der Waals surface area contributed by atoms with E-state index in [9.17, 15) is 8.78 Å². The molecule has 176 valence electrons. The van der Waals surface area contributed by atoms with Crippen LogP contribution in [0.4, 0.5) is 8.78 Å². The SMILES string of the molecule is C=C(c1cc(F)c(C)c(F)c1)n1cc(Cl)cc2c(-c3ccc(-n4cnc(C)c4)c(OC)c3)nnc1-2. The highest BCUT2D eigenvalue weighted by molar-refractivity contribution is 6.31. The second-order valence-corrected chi connectivity index (χ2v) is 8.57. The Morgan fingerprint density at radius 2 is 1.77 bits per heavy atom. The number of ether oxygens (including phenoxy) is 1. The van der Waals surface area contributed by atoms with E-state index in [1.165, 1.54) is 19.1 Å². The number of hydrogen-bond acceptors (Lipinski definition) is 4. The van der Waals surface area contributed by atoms with Gasteiger partial charge in [0, 0.05) is 40.3 Å². The van der Waals surface area contributed by atoms with Crippen LogP contribution in [0.25, 0.3) is 34.0 Å². The van der Waals surface area contributed by atoms with E-state index in [1.807, 2.05) is 35.9 Å². The van der Waals surface area contributed by atoms with E-state index in [0.29, 0.717) is 33.6 Å². The third kappa shape index (κ3) is 3.95. The summed E-state index contributed by atoms with van der Waals surface area (Å²) in [7, 11) is 1.59. The van der Waals surface area contributed by atoms with Crippen LogP contribution in [-0.2, 0) is 0 Å². The third-order valence-corrected chi connectivity index (χ3v) is 6.06. The number of pyridine rings is 1. The monoisotopic (exact) mass is 491 g/mol. The number of aromatic nitrogens is 5. The molecule has 2 aliphatic rings. The Kier molecular flexibility index (Phi) is 5.61. The maximum absolute atomic E-state index is 14.2. The van der Waals surface area contributed by atoms with E-state index in [4.69, 9.17) is 16.3 Å². The van der Waals surface area contributed by atoms with Gasteiger partial charge in [0.05, 0.1) is 29.8 Å². The predicted octanol–water partition coefficient (Wildman–Crippen LogP) is 6.31. The number of hydrogen-bond donors (Lipinski definition) is 0. The maximum atomic E-state index is 14.2. The zero-order valence-corrected chi connectivity index (χ0v) is 19.9. The minimum Gasteiger partial charge on any atom is -0.495 e. The minimum absolute atomic E-state index is 0.0542. The number of nitrogens with zero attached hydrogens (tertiary/aromatic N) is 5. The molecule has 2 aromatic carbocycles. The Labute approximate surface area is 205 Å². The molecular formula is C26H20ClF2N5O. The van der Waals surface area contributed by atoms with E-state index < -0.39 is 11.6 Å². The Hall–Kier alpha value is -4.04. The van der Waals surface area contributed by atoms with Crippen molar-refractivity contribution in [1.29, 1.82) is 0 Å². The average molecular weight is 492 g/mol. The topological polar surface area (TPSA) is 57.8 Å². The summed E-state index contributed by atoms with van der Waals surface area (Å²) in [5, 5.41) is 9.10. The van der Waals surface area contributed by atoms with Gasteiger partial charge in [0.1, 0.15) is 23.1 Å². The number of aryl methyl sites for hydroxylation is 1. The lowest BCUT2D eigenvalue weighted by atomic mass is 10.0. The van der Waals surface area contributed by atoms with Gasteiger partial charge in [-0.1, -0.05) is 24.2 Å². The summed E-state index contributed by atoms with van der Waals surface area (Å²) in [6, 6.07) is 9.88. The van der Waals surface area contributed by atoms with Crippen LogP contribution in [0.1, 0.15) is 16.8 Å². The summed E-state index contributed by atoms with van der Waals surface area (Å²) in [6.07, 6.45) is 5.21. The average Bonchev–Trinajstić information content (AvgIpc) is 3.47. The summed E-state index contributed by atoms with van der Waals surface area (Å²) in [5.74, 6) is -0.241. The van der Waals surface area contributed by atoms with Crippen molar-refractivity contribution in [3.05, 3.63) is 95.2 Å². The first kappa shape index (κ1) is 22.7. The molecule has 0 saturated heterocycles. The Morgan fingerprint density at radius 3 is 2.43 bits per heavy atom. The van der Waals surface area contributed by atoms with Crippen LogP contribution in [-0.4, -0.2) is 31.4 Å². The number of rotatable bonds is 5. The summed E-state index contributed by atoms with van der Waals surface area (Å²) in [6.45, 7) is 7.32. The smallest absolute Gasteiger partial charge is 0.169 e. The van der Waals surface area contributed by atoms with Crippen LogP contribution in [0.15, 0.2) is 61.7 Å². The first-order valence-electron chi connectivity index (χ1n) is 10.7. The number of imidazole rings is 1. The highest BCUT2D eigenvalue weighted by Crippen LogP contribution is 2.38. The molecule has 0 N–H and O–H groups in total. The summed E-state index contributed by atoms with van der Waals surface area (Å²) in [5.41, 5.74) is 4.23. The number of benzene rings is 2. The van der Waals surface area contributed by atoms with Crippen LogP contribution in [0.2, 0.25) is 5.02 Å². The van der Waals surface area contributed by atoms with Gasteiger partial charge >= 0.3 is 0 Å². The van der Waals surface area contributed by atoms with Gasteiger partial charge in [-0.15, -0.1) is 10.2 Å². The van der Waals surface area contributed by atoms with Crippen molar-refractivity contribution in [2.24, 2.45) is 0 Å². The van der Waals surface area contributed by atoms with Crippen molar-refractivity contribution in [1.82, 2.24) is 24.3 Å². The Balaban J connectivity index is 1.58. The van der Waals surface area contributed by atoms with Crippen molar-refractivity contribution >= 4 is 17.3 Å². The van der Waals surface area contributed by atoms with E-state index >= 15 is 0 Å². The molecule has 0 aliphatic carbocycles. The molecule has 6 nitrogen and oxygen atoms in total. The molecule has 0 atom stereocenters. The molecule has 0 spiro atoms. The van der Waals surface area contributed by atoms with Gasteiger partial charge in [0.15, 0.2) is 5.82 Å². The molecule has 2 aliphatic heterocycles. The Morgan fingerprint density at radius 1 is 1.03 bits per heavy atom. The minimum atomic E-state index is -0.658.